The van der Waals surface area contributed by atoms with Gasteiger partial charge in [0.05, 0.1) is 10.2 Å². The predicted octanol–water partition coefficient (Wildman–Crippen LogP) is 3.14. The first-order chi connectivity index (χ1) is 6.59. The highest BCUT2D eigenvalue weighted by molar-refractivity contribution is 7.22. The highest BCUT2D eigenvalue weighted by atomic mass is 32.1. The normalized spacial score (nSPS) is 11.4. The van der Waals surface area contributed by atoms with E-state index in [-0.39, 0.29) is 11.7 Å². The quantitative estimate of drug-likeness (QED) is 0.785. The first-order valence-corrected chi connectivity index (χ1v) is 5.25. The Labute approximate surface area is 85.6 Å². The molecule has 0 fully saturated rings. The van der Waals surface area contributed by atoms with Crippen molar-refractivity contribution in [3.8, 4) is 0 Å². The number of hydrogen-bond donors (Lipinski definition) is 1. The maximum atomic E-state index is 13.5. The van der Waals surface area contributed by atoms with Crippen LogP contribution < -0.4 is 5.73 Å². The molecular weight excluding hydrogens is 199 g/mol. The molecule has 2 N–H and O–H groups in total. The first-order valence-electron chi connectivity index (χ1n) is 4.44. The number of fused-ring (bicyclic) bond motifs is 1. The van der Waals surface area contributed by atoms with Gasteiger partial charge in [-0.25, -0.2) is 9.37 Å². The molecule has 74 valence electrons. The number of nitrogen functional groups attached to an aromatic ring is 1. The van der Waals surface area contributed by atoms with Crippen LogP contribution in [0, 0.1) is 5.82 Å². The van der Waals surface area contributed by atoms with Gasteiger partial charge in [0.25, 0.3) is 0 Å². The maximum Gasteiger partial charge on any atom is 0.181 e. The Hall–Kier alpha value is -1.16. The van der Waals surface area contributed by atoms with E-state index in [1.807, 2.05) is 13.8 Å². The molecule has 0 aliphatic rings. The molecule has 1 heterocycles. The van der Waals surface area contributed by atoms with E-state index in [4.69, 9.17) is 5.73 Å². The molecule has 2 rings (SSSR count). The number of benzene rings is 1. The van der Waals surface area contributed by atoms with E-state index >= 15 is 0 Å². The first kappa shape index (κ1) is 9.40. The van der Waals surface area contributed by atoms with Crippen molar-refractivity contribution in [2.75, 3.05) is 5.73 Å². The molecule has 0 aliphatic heterocycles. The summed E-state index contributed by atoms with van der Waals surface area (Å²) in [5.41, 5.74) is 6.97. The summed E-state index contributed by atoms with van der Waals surface area (Å²) in [6.45, 7) is 3.90. The minimum Gasteiger partial charge on any atom is -0.375 e. The molecule has 0 bridgehead atoms. The second-order valence-corrected chi connectivity index (χ2v) is 4.58. The van der Waals surface area contributed by atoms with Crippen molar-refractivity contribution < 1.29 is 4.39 Å². The molecule has 1 aromatic carbocycles. The number of rotatable bonds is 1. The van der Waals surface area contributed by atoms with Gasteiger partial charge in [-0.1, -0.05) is 25.2 Å². The monoisotopic (exact) mass is 210 g/mol. The number of anilines is 1. The molecule has 4 heteroatoms. The standard InChI is InChI=1S/C10H11FN2S/c1-5(2)8-6(11)3-4-7-9(8)13-10(12)14-7/h3-5H,1-2H3,(H2,12,13). The van der Waals surface area contributed by atoms with Crippen LogP contribution in [-0.4, -0.2) is 4.98 Å². The SMILES string of the molecule is CC(C)c1c(F)ccc2sc(N)nc12. The van der Waals surface area contributed by atoms with Crippen molar-refractivity contribution in [3.05, 3.63) is 23.5 Å². The van der Waals surface area contributed by atoms with Crippen molar-refractivity contribution in [1.82, 2.24) is 4.98 Å². The van der Waals surface area contributed by atoms with Gasteiger partial charge in [-0.15, -0.1) is 0 Å². The number of thiazole rings is 1. The third-order valence-corrected chi connectivity index (χ3v) is 2.99. The number of nitrogens with two attached hydrogens (primary N) is 1. The van der Waals surface area contributed by atoms with Crippen molar-refractivity contribution in [2.45, 2.75) is 19.8 Å². The van der Waals surface area contributed by atoms with E-state index in [0.29, 0.717) is 16.2 Å². The molecule has 0 aliphatic carbocycles. The largest absolute Gasteiger partial charge is 0.375 e. The Balaban J connectivity index is 2.82. The zero-order valence-electron chi connectivity index (χ0n) is 8.04. The Morgan fingerprint density at radius 3 is 2.79 bits per heavy atom. The average molecular weight is 210 g/mol. The van der Waals surface area contributed by atoms with Crippen molar-refractivity contribution in [2.24, 2.45) is 0 Å². The Bertz CT molecular complexity index is 476. The molecule has 0 atom stereocenters. The van der Waals surface area contributed by atoms with Crippen LogP contribution >= 0.6 is 11.3 Å². The smallest absolute Gasteiger partial charge is 0.181 e. The van der Waals surface area contributed by atoms with Gasteiger partial charge in [0, 0.05) is 5.56 Å². The van der Waals surface area contributed by atoms with E-state index in [9.17, 15) is 4.39 Å². The van der Waals surface area contributed by atoms with E-state index in [1.54, 1.807) is 6.07 Å². The summed E-state index contributed by atoms with van der Waals surface area (Å²) in [5, 5.41) is 0.493. The summed E-state index contributed by atoms with van der Waals surface area (Å²) in [6, 6.07) is 3.21. The predicted molar refractivity (Wildman–Crippen MR) is 58.1 cm³/mol. The van der Waals surface area contributed by atoms with Crippen LogP contribution in [0.3, 0.4) is 0 Å². The second kappa shape index (κ2) is 3.20. The molecule has 0 amide bonds. The zero-order chi connectivity index (χ0) is 10.3. The lowest BCUT2D eigenvalue weighted by molar-refractivity contribution is 0.601. The van der Waals surface area contributed by atoms with E-state index in [0.717, 1.165) is 4.70 Å². The second-order valence-electron chi connectivity index (χ2n) is 3.51. The molecule has 0 saturated carbocycles. The summed E-state index contributed by atoms with van der Waals surface area (Å²) < 4.78 is 14.5. The summed E-state index contributed by atoms with van der Waals surface area (Å²) in [7, 11) is 0. The lowest BCUT2D eigenvalue weighted by Crippen LogP contribution is -1.94. The van der Waals surface area contributed by atoms with Gasteiger partial charge in [0.15, 0.2) is 5.13 Å². The number of aromatic nitrogens is 1. The van der Waals surface area contributed by atoms with Gasteiger partial charge in [0.2, 0.25) is 0 Å². The molecule has 0 radical (unpaired) electrons. The van der Waals surface area contributed by atoms with Crippen LogP contribution in [0.15, 0.2) is 12.1 Å². The van der Waals surface area contributed by atoms with Crippen LogP contribution in [0.5, 0.6) is 0 Å². The summed E-state index contributed by atoms with van der Waals surface area (Å²) in [5.74, 6) is -0.0713. The number of hydrogen-bond acceptors (Lipinski definition) is 3. The van der Waals surface area contributed by atoms with Gasteiger partial charge >= 0.3 is 0 Å². The third-order valence-electron chi connectivity index (χ3n) is 2.14. The molecule has 2 aromatic rings. The molecule has 1 aromatic heterocycles. The molecule has 2 nitrogen and oxygen atoms in total. The van der Waals surface area contributed by atoms with E-state index < -0.39 is 0 Å². The van der Waals surface area contributed by atoms with Crippen LogP contribution in [0.25, 0.3) is 10.2 Å². The summed E-state index contributed by atoms with van der Waals surface area (Å²) >= 11 is 1.39. The van der Waals surface area contributed by atoms with Crippen LogP contribution in [0.1, 0.15) is 25.3 Å². The molecule has 0 spiro atoms. The van der Waals surface area contributed by atoms with Crippen molar-refractivity contribution in [3.63, 3.8) is 0 Å². The average Bonchev–Trinajstić information content (AvgIpc) is 2.43. The minimum atomic E-state index is -0.196. The van der Waals surface area contributed by atoms with Crippen LogP contribution in [0.4, 0.5) is 9.52 Å². The summed E-state index contributed by atoms with van der Waals surface area (Å²) in [4.78, 5) is 4.15. The number of nitrogens with zero attached hydrogens (tertiary/aromatic N) is 1. The maximum absolute atomic E-state index is 13.5. The van der Waals surface area contributed by atoms with E-state index in [2.05, 4.69) is 4.98 Å². The lowest BCUT2D eigenvalue weighted by Gasteiger charge is -2.06. The van der Waals surface area contributed by atoms with Gasteiger partial charge < -0.3 is 5.73 Å². The van der Waals surface area contributed by atoms with Gasteiger partial charge in [-0.05, 0) is 18.1 Å². The molecular formula is C10H11FN2S. The molecule has 14 heavy (non-hydrogen) atoms. The van der Waals surface area contributed by atoms with Gasteiger partial charge in [-0.2, -0.15) is 0 Å². The van der Waals surface area contributed by atoms with Crippen LogP contribution in [0.2, 0.25) is 0 Å². The van der Waals surface area contributed by atoms with Gasteiger partial charge in [0.1, 0.15) is 5.82 Å². The minimum absolute atomic E-state index is 0.125. The zero-order valence-corrected chi connectivity index (χ0v) is 8.86. The summed E-state index contributed by atoms with van der Waals surface area (Å²) in [6.07, 6.45) is 0. The highest BCUT2D eigenvalue weighted by Gasteiger charge is 2.14. The van der Waals surface area contributed by atoms with Crippen molar-refractivity contribution in [1.29, 1.82) is 0 Å². The fourth-order valence-corrected chi connectivity index (χ4v) is 2.31. The fourth-order valence-electron chi connectivity index (χ4n) is 1.56. The lowest BCUT2D eigenvalue weighted by atomic mass is 10.0. The Morgan fingerprint density at radius 1 is 1.43 bits per heavy atom. The Kier molecular flexibility index (Phi) is 2.15. The topological polar surface area (TPSA) is 38.9 Å². The third kappa shape index (κ3) is 1.35. The fraction of sp³-hybridized carbons (Fsp3) is 0.300. The van der Waals surface area contributed by atoms with Crippen LogP contribution in [-0.2, 0) is 0 Å². The number of halogens is 1. The van der Waals surface area contributed by atoms with E-state index in [1.165, 1.54) is 17.4 Å². The van der Waals surface area contributed by atoms with Gasteiger partial charge in [-0.3, -0.25) is 0 Å². The Morgan fingerprint density at radius 2 is 2.14 bits per heavy atom. The van der Waals surface area contributed by atoms with Crippen molar-refractivity contribution >= 4 is 26.7 Å². The molecule has 0 saturated heterocycles. The molecule has 0 unspecified atom stereocenters. The highest BCUT2D eigenvalue weighted by Crippen LogP contribution is 2.31.